The maximum absolute atomic E-state index is 5.82. The molecule has 1 unspecified atom stereocenters. The smallest absolute Gasteiger partial charge is 0.120 e. The zero-order valence-corrected chi connectivity index (χ0v) is 14.0. The van der Waals surface area contributed by atoms with Crippen LogP contribution in [0, 0.1) is 5.92 Å². The van der Waals surface area contributed by atoms with Gasteiger partial charge in [0.15, 0.2) is 0 Å². The fourth-order valence-corrected chi connectivity index (χ4v) is 3.55. The van der Waals surface area contributed by atoms with Crippen molar-refractivity contribution in [3.05, 3.63) is 28.7 Å². The van der Waals surface area contributed by atoms with Crippen molar-refractivity contribution in [2.45, 2.75) is 51.5 Å². The van der Waals surface area contributed by atoms with Gasteiger partial charge in [0, 0.05) is 10.5 Å². The normalized spacial score (nSPS) is 17.3. The standard InChI is InChI=1S/C17H26BrNO/c1-2-19-17(14-7-3-4-8-14)11-6-12-20-16-10-5-9-15(18)13-16/h5,9-10,13-14,17,19H,2-4,6-8,11-12H2,1H3. The van der Waals surface area contributed by atoms with Crippen molar-refractivity contribution in [2.24, 2.45) is 5.92 Å². The lowest BCUT2D eigenvalue weighted by molar-refractivity contribution is 0.274. The molecule has 1 saturated carbocycles. The number of rotatable bonds is 8. The lowest BCUT2D eigenvalue weighted by Gasteiger charge is -2.24. The summed E-state index contributed by atoms with van der Waals surface area (Å²) in [5.74, 6) is 1.85. The minimum Gasteiger partial charge on any atom is -0.494 e. The van der Waals surface area contributed by atoms with Crippen molar-refractivity contribution in [3.63, 3.8) is 0 Å². The molecule has 1 aliphatic carbocycles. The highest BCUT2D eigenvalue weighted by Crippen LogP contribution is 2.29. The number of benzene rings is 1. The molecule has 3 heteroatoms. The van der Waals surface area contributed by atoms with Gasteiger partial charge in [-0.2, -0.15) is 0 Å². The first kappa shape index (κ1) is 15.8. The van der Waals surface area contributed by atoms with Gasteiger partial charge in [-0.3, -0.25) is 0 Å². The van der Waals surface area contributed by atoms with E-state index in [9.17, 15) is 0 Å². The predicted octanol–water partition coefficient (Wildman–Crippen LogP) is 4.78. The Hall–Kier alpha value is -0.540. The van der Waals surface area contributed by atoms with Crippen LogP contribution in [-0.2, 0) is 0 Å². The van der Waals surface area contributed by atoms with Crippen LogP contribution >= 0.6 is 15.9 Å². The number of halogens is 1. The monoisotopic (exact) mass is 339 g/mol. The van der Waals surface area contributed by atoms with Crippen molar-refractivity contribution in [2.75, 3.05) is 13.2 Å². The first-order valence-electron chi connectivity index (χ1n) is 7.91. The third-order valence-corrected chi connectivity index (χ3v) is 4.65. The molecule has 1 aromatic rings. The molecule has 20 heavy (non-hydrogen) atoms. The zero-order valence-electron chi connectivity index (χ0n) is 12.4. The summed E-state index contributed by atoms with van der Waals surface area (Å²) in [6.45, 7) is 4.10. The summed E-state index contributed by atoms with van der Waals surface area (Å²) in [4.78, 5) is 0. The Kier molecular flexibility index (Phi) is 6.88. The van der Waals surface area contributed by atoms with Gasteiger partial charge in [-0.15, -0.1) is 0 Å². The van der Waals surface area contributed by atoms with Crippen LogP contribution in [0.25, 0.3) is 0 Å². The fourth-order valence-electron chi connectivity index (χ4n) is 3.18. The molecule has 0 heterocycles. The van der Waals surface area contributed by atoms with E-state index in [1.807, 2.05) is 24.3 Å². The van der Waals surface area contributed by atoms with Crippen LogP contribution in [0.2, 0.25) is 0 Å². The van der Waals surface area contributed by atoms with Gasteiger partial charge in [-0.05, 0) is 56.3 Å². The Morgan fingerprint density at radius 1 is 1.35 bits per heavy atom. The molecule has 112 valence electrons. The molecular weight excluding hydrogens is 314 g/mol. The van der Waals surface area contributed by atoms with E-state index in [0.29, 0.717) is 6.04 Å². The van der Waals surface area contributed by atoms with E-state index in [4.69, 9.17) is 4.74 Å². The van der Waals surface area contributed by atoms with E-state index in [1.54, 1.807) is 0 Å². The lowest BCUT2D eigenvalue weighted by atomic mass is 9.94. The van der Waals surface area contributed by atoms with Crippen molar-refractivity contribution in [1.29, 1.82) is 0 Å². The van der Waals surface area contributed by atoms with Crippen LogP contribution in [-0.4, -0.2) is 19.2 Å². The summed E-state index contributed by atoms with van der Waals surface area (Å²) in [6, 6.07) is 8.77. The van der Waals surface area contributed by atoms with Crippen LogP contribution in [0.1, 0.15) is 45.4 Å². The number of hydrogen-bond donors (Lipinski definition) is 1. The highest BCUT2D eigenvalue weighted by Gasteiger charge is 2.23. The van der Waals surface area contributed by atoms with E-state index in [2.05, 4.69) is 28.2 Å². The largest absolute Gasteiger partial charge is 0.494 e. The molecule has 0 spiro atoms. The number of hydrogen-bond acceptors (Lipinski definition) is 2. The first-order valence-corrected chi connectivity index (χ1v) is 8.70. The first-order chi connectivity index (χ1) is 9.79. The molecular formula is C17H26BrNO. The van der Waals surface area contributed by atoms with Crippen LogP contribution in [0.5, 0.6) is 5.75 Å². The van der Waals surface area contributed by atoms with E-state index < -0.39 is 0 Å². The molecule has 1 aromatic carbocycles. The molecule has 0 aliphatic heterocycles. The van der Waals surface area contributed by atoms with Crippen LogP contribution in [0.4, 0.5) is 0 Å². The van der Waals surface area contributed by atoms with Crippen molar-refractivity contribution in [3.8, 4) is 5.75 Å². The third kappa shape index (κ3) is 5.10. The maximum Gasteiger partial charge on any atom is 0.120 e. The average molecular weight is 340 g/mol. The fraction of sp³-hybridized carbons (Fsp3) is 0.647. The lowest BCUT2D eigenvalue weighted by Crippen LogP contribution is -2.35. The summed E-state index contributed by atoms with van der Waals surface area (Å²) >= 11 is 3.47. The number of nitrogens with one attached hydrogen (secondary N) is 1. The second-order valence-corrected chi connectivity index (χ2v) is 6.57. The zero-order chi connectivity index (χ0) is 14.2. The summed E-state index contributed by atoms with van der Waals surface area (Å²) < 4.78 is 6.90. The quantitative estimate of drug-likeness (QED) is 0.688. The predicted molar refractivity (Wildman–Crippen MR) is 88.3 cm³/mol. The Morgan fingerprint density at radius 3 is 2.85 bits per heavy atom. The maximum atomic E-state index is 5.82. The van der Waals surface area contributed by atoms with Crippen LogP contribution < -0.4 is 10.1 Å². The summed E-state index contributed by atoms with van der Waals surface area (Å²) in [6.07, 6.45) is 8.00. The van der Waals surface area contributed by atoms with E-state index in [1.165, 1.54) is 32.1 Å². The third-order valence-electron chi connectivity index (χ3n) is 4.16. The van der Waals surface area contributed by atoms with Gasteiger partial charge in [0.2, 0.25) is 0 Å². The molecule has 0 amide bonds. The molecule has 1 atom stereocenters. The second kappa shape index (κ2) is 8.68. The second-order valence-electron chi connectivity index (χ2n) is 5.66. The molecule has 2 rings (SSSR count). The number of ether oxygens (including phenoxy) is 1. The van der Waals surface area contributed by atoms with E-state index >= 15 is 0 Å². The van der Waals surface area contributed by atoms with Gasteiger partial charge in [-0.1, -0.05) is 41.8 Å². The van der Waals surface area contributed by atoms with Crippen molar-refractivity contribution in [1.82, 2.24) is 5.32 Å². The van der Waals surface area contributed by atoms with Crippen LogP contribution in [0.15, 0.2) is 28.7 Å². The highest BCUT2D eigenvalue weighted by atomic mass is 79.9. The van der Waals surface area contributed by atoms with Gasteiger partial charge < -0.3 is 10.1 Å². The molecule has 0 bridgehead atoms. The molecule has 0 saturated heterocycles. The molecule has 1 N–H and O–H groups in total. The van der Waals surface area contributed by atoms with Crippen molar-refractivity contribution < 1.29 is 4.74 Å². The van der Waals surface area contributed by atoms with E-state index in [0.717, 1.165) is 35.7 Å². The summed E-state index contributed by atoms with van der Waals surface area (Å²) in [5.41, 5.74) is 0. The Labute approximate surface area is 131 Å². The summed E-state index contributed by atoms with van der Waals surface area (Å²) in [5, 5.41) is 3.67. The Morgan fingerprint density at radius 2 is 2.15 bits per heavy atom. The van der Waals surface area contributed by atoms with Gasteiger partial charge in [-0.25, -0.2) is 0 Å². The highest BCUT2D eigenvalue weighted by molar-refractivity contribution is 9.10. The molecule has 0 radical (unpaired) electrons. The minimum atomic E-state index is 0.689. The Bertz CT molecular complexity index is 390. The molecule has 2 nitrogen and oxygen atoms in total. The molecule has 1 fully saturated rings. The SMILES string of the molecule is CCNC(CCCOc1cccc(Br)c1)C1CCCC1. The topological polar surface area (TPSA) is 21.3 Å². The molecule has 1 aliphatic rings. The van der Waals surface area contributed by atoms with Crippen molar-refractivity contribution >= 4 is 15.9 Å². The van der Waals surface area contributed by atoms with E-state index in [-0.39, 0.29) is 0 Å². The van der Waals surface area contributed by atoms with Gasteiger partial charge in [0.25, 0.3) is 0 Å². The van der Waals surface area contributed by atoms with Gasteiger partial charge in [0.1, 0.15) is 5.75 Å². The summed E-state index contributed by atoms with van der Waals surface area (Å²) in [7, 11) is 0. The van der Waals surface area contributed by atoms with Gasteiger partial charge in [0.05, 0.1) is 6.61 Å². The minimum absolute atomic E-state index is 0.689. The average Bonchev–Trinajstić information content (AvgIpc) is 2.96. The van der Waals surface area contributed by atoms with Crippen LogP contribution in [0.3, 0.4) is 0 Å². The Balaban J connectivity index is 1.70. The molecule has 0 aromatic heterocycles. The van der Waals surface area contributed by atoms with Gasteiger partial charge >= 0.3 is 0 Å².